The summed E-state index contributed by atoms with van der Waals surface area (Å²) in [6.07, 6.45) is 1.46. The van der Waals surface area contributed by atoms with Gasteiger partial charge in [-0.3, -0.25) is 9.10 Å². The maximum atomic E-state index is 13.7. The number of benzene rings is 4. The van der Waals surface area contributed by atoms with Crippen molar-refractivity contribution in [2.45, 2.75) is 45.1 Å². The van der Waals surface area contributed by atoms with E-state index in [4.69, 9.17) is 21.1 Å². The van der Waals surface area contributed by atoms with Gasteiger partial charge in [0.2, 0.25) is 0 Å². The van der Waals surface area contributed by atoms with Crippen molar-refractivity contribution in [3.63, 3.8) is 0 Å². The van der Waals surface area contributed by atoms with E-state index in [0.717, 1.165) is 21.0 Å². The Morgan fingerprint density at radius 1 is 0.932 bits per heavy atom. The van der Waals surface area contributed by atoms with E-state index in [1.54, 1.807) is 54.6 Å². The Labute approximate surface area is 264 Å². The van der Waals surface area contributed by atoms with Gasteiger partial charge in [0.1, 0.15) is 13.2 Å². The fourth-order valence-corrected chi connectivity index (χ4v) is 5.80. The number of hydrogen-bond acceptors (Lipinski definition) is 6. The second-order valence-electron chi connectivity index (χ2n) is 10.4. The molecule has 0 aliphatic carbocycles. The molecule has 4 rings (SSSR count). The van der Waals surface area contributed by atoms with Crippen LogP contribution in [0.25, 0.3) is 0 Å². The number of carbonyl (C=O) groups is 1. The smallest absolute Gasteiger partial charge is 0.264 e. The number of hydrogen-bond donors (Lipinski definition) is 1. The summed E-state index contributed by atoms with van der Waals surface area (Å²) < 4.78 is 40.1. The number of amides is 1. The van der Waals surface area contributed by atoms with E-state index in [1.165, 1.54) is 18.3 Å². The predicted molar refractivity (Wildman–Crippen MR) is 175 cm³/mol. The van der Waals surface area contributed by atoms with Crippen molar-refractivity contribution in [1.29, 1.82) is 0 Å². The third-order valence-corrected chi connectivity index (χ3v) is 8.76. The molecular weight excluding hydrogens is 598 g/mol. The molecule has 0 aromatic heterocycles. The lowest BCUT2D eigenvalue weighted by atomic mass is 10.0. The van der Waals surface area contributed by atoms with E-state index < -0.39 is 22.5 Å². The number of anilines is 1. The average molecular weight is 634 g/mol. The molecule has 0 radical (unpaired) electrons. The molecule has 0 aliphatic rings. The summed E-state index contributed by atoms with van der Waals surface area (Å²) >= 11 is 5.96. The maximum Gasteiger partial charge on any atom is 0.264 e. The van der Waals surface area contributed by atoms with Crippen LogP contribution in [0, 0.1) is 6.92 Å². The second kappa shape index (κ2) is 14.9. The number of ether oxygens (including phenoxy) is 2. The zero-order valence-corrected chi connectivity index (χ0v) is 26.7. The molecule has 0 aliphatic heterocycles. The summed E-state index contributed by atoms with van der Waals surface area (Å²) in [5.74, 6) is 0.759. The molecular formula is C34H36ClN3O5S. The summed E-state index contributed by atoms with van der Waals surface area (Å²) in [6.45, 7) is 8.17. The highest BCUT2D eigenvalue weighted by molar-refractivity contribution is 7.92. The highest BCUT2D eigenvalue weighted by Gasteiger charge is 2.27. The van der Waals surface area contributed by atoms with Crippen LogP contribution < -0.4 is 19.2 Å². The number of aryl methyl sites for hydroxylation is 1. The Morgan fingerprint density at radius 3 is 2.25 bits per heavy atom. The first-order valence-corrected chi connectivity index (χ1v) is 16.0. The minimum Gasteiger partial charge on any atom is -0.490 e. The number of carbonyl (C=O) groups excluding carboxylic acids is 1. The number of nitrogens with zero attached hydrogens (tertiary/aromatic N) is 2. The lowest BCUT2D eigenvalue weighted by Gasteiger charge is -2.24. The molecule has 0 spiro atoms. The van der Waals surface area contributed by atoms with E-state index in [2.05, 4.69) is 24.4 Å². The van der Waals surface area contributed by atoms with Gasteiger partial charge < -0.3 is 9.47 Å². The van der Waals surface area contributed by atoms with E-state index in [1.807, 2.05) is 38.1 Å². The van der Waals surface area contributed by atoms with Crippen LogP contribution in [0.5, 0.6) is 11.5 Å². The van der Waals surface area contributed by atoms with Crippen LogP contribution in [0.2, 0.25) is 5.02 Å². The first-order chi connectivity index (χ1) is 21.1. The van der Waals surface area contributed by atoms with E-state index in [9.17, 15) is 13.2 Å². The summed E-state index contributed by atoms with van der Waals surface area (Å²) in [6, 6.07) is 26.4. The second-order valence-corrected chi connectivity index (χ2v) is 12.7. The minimum atomic E-state index is -4.04. The summed E-state index contributed by atoms with van der Waals surface area (Å²) in [5.41, 5.74) is 6.43. The van der Waals surface area contributed by atoms with Crippen molar-refractivity contribution in [2.24, 2.45) is 5.10 Å². The number of halogens is 1. The first-order valence-electron chi connectivity index (χ1n) is 14.2. The van der Waals surface area contributed by atoms with Crippen molar-refractivity contribution in [1.82, 2.24) is 5.43 Å². The monoisotopic (exact) mass is 633 g/mol. The number of nitrogens with one attached hydrogen (secondary N) is 1. The van der Waals surface area contributed by atoms with Crippen LogP contribution in [0.15, 0.2) is 101 Å². The van der Waals surface area contributed by atoms with Gasteiger partial charge in [-0.25, -0.2) is 13.8 Å². The Balaban J connectivity index is 1.48. The Hall–Kier alpha value is -4.34. The topological polar surface area (TPSA) is 97.3 Å². The number of sulfonamides is 1. The predicted octanol–water partition coefficient (Wildman–Crippen LogP) is 7.10. The Kier molecular flexibility index (Phi) is 11.0. The quantitative estimate of drug-likeness (QED) is 0.125. The highest BCUT2D eigenvalue weighted by Crippen LogP contribution is 2.29. The largest absolute Gasteiger partial charge is 0.490 e. The van der Waals surface area contributed by atoms with Crippen molar-refractivity contribution >= 4 is 39.4 Å². The summed E-state index contributed by atoms with van der Waals surface area (Å²) in [4.78, 5) is 13.1. The van der Waals surface area contributed by atoms with E-state index in [0.29, 0.717) is 41.0 Å². The highest BCUT2D eigenvalue weighted by atomic mass is 35.5. The molecule has 0 saturated carbocycles. The van der Waals surface area contributed by atoms with Gasteiger partial charge in [0.15, 0.2) is 11.5 Å². The van der Waals surface area contributed by atoms with Crippen LogP contribution in [0.1, 0.15) is 48.9 Å². The van der Waals surface area contributed by atoms with E-state index >= 15 is 0 Å². The fourth-order valence-electron chi connectivity index (χ4n) is 4.26. The summed E-state index contributed by atoms with van der Waals surface area (Å²) in [7, 11) is -4.04. The first kappa shape index (κ1) is 32.6. The lowest BCUT2D eigenvalue weighted by molar-refractivity contribution is -0.119. The van der Waals surface area contributed by atoms with Crippen molar-refractivity contribution in [3.8, 4) is 11.5 Å². The molecule has 0 unspecified atom stereocenters. The van der Waals surface area contributed by atoms with Gasteiger partial charge in [-0.2, -0.15) is 5.10 Å². The van der Waals surface area contributed by atoms with Crippen LogP contribution >= 0.6 is 11.6 Å². The van der Waals surface area contributed by atoms with Crippen LogP contribution in [0.4, 0.5) is 5.69 Å². The molecule has 0 fully saturated rings. The van der Waals surface area contributed by atoms with Gasteiger partial charge >= 0.3 is 0 Å². The third kappa shape index (κ3) is 8.61. The van der Waals surface area contributed by atoms with Crippen LogP contribution in [-0.2, 0) is 21.4 Å². The fraction of sp³-hybridized carbons (Fsp3) is 0.235. The third-order valence-electron chi connectivity index (χ3n) is 6.72. The van der Waals surface area contributed by atoms with Crippen molar-refractivity contribution in [3.05, 3.63) is 118 Å². The normalized spacial score (nSPS) is 11.5. The Morgan fingerprint density at radius 2 is 1.61 bits per heavy atom. The molecule has 4 aromatic rings. The number of rotatable bonds is 13. The minimum absolute atomic E-state index is 0.0918. The number of hydrazone groups is 1. The molecule has 44 heavy (non-hydrogen) atoms. The molecule has 8 nitrogen and oxygen atoms in total. The van der Waals surface area contributed by atoms with Crippen LogP contribution in [-0.4, -0.2) is 33.7 Å². The van der Waals surface area contributed by atoms with E-state index in [-0.39, 0.29) is 10.8 Å². The zero-order chi connectivity index (χ0) is 31.7. The van der Waals surface area contributed by atoms with Gasteiger partial charge in [-0.1, -0.05) is 67.4 Å². The molecule has 1 N–H and O–H groups in total. The average Bonchev–Trinajstić information content (AvgIpc) is 3.00. The maximum absolute atomic E-state index is 13.7. The molecule has 1 amide bonds. The molecule has 0 bridgehead atoms. The molecule has 4 aromatic carbocycles. The zero-order valence-electron chi connectivity index (χ0n) is 25.2. The SMILES string of the molecule is CCOc1cc(/C=N\NC(=O)CN(c2ccc(C(C)C)cc2)S(=O)(=O)c2ccc(C)cc2)ccc1OCc1ccc(Cl)cc1. The van der Waals surface area contributed by atoms with Crippen molar-refractivity contribution in [2.75, 3.05) is 17.5 Å². The van der Waals surface area contributed by atoms with Gasteiger partial charge in [0.05, 0.1) is 23.4 Å². The van der Waals surface area contributed by atoms with Crippen LogP contribution in [0.3, 0.4) is 0 Å². The van der Waals surface area contributed by atoms with Gasteiger partial charge in [0, 0.05) is 5.02 Å². The lowest BCUT2D eigenvalue weighted by Crippen LogP contribution is -2.39. The molecule has 0 heterocycles. The van der Waals surface area contributed by atoms with Gasteiger partial charge in [0.25, 0.3) is 15.9 Å². The Bertz CT molecular complexity index is 1690. The molecule has 10 heteroatoms. The van der Waals surface area contributed by atoms with Crippen molar-refractivity contribution < 1.29 is 22.7 Å². The summed E-state index contributed by atoms with van der Waals surface area (Å²) in [5, 5.41) is 4.72. The standard InChI is InChI=1S/C34H36ClN3O5S/c1-5-42-33-20-27(10-19-32(33)43-23-26-8-13-29(35)14-9-26)21-36-37-34(39)22-38(30-15-11-28(12-16-30)24(2)3)44(40,41)31-17-6-25(4)7-18-31/h6-21,24H,5,22-23H2,1-4H3,(H,37,39)/b36-21-. The molecule has 230 valence electrons. The molecule has 0 atom stereocenters. The van der Waals surface area contributed by atoms with Gasteiger partial charge in [-0.05, 0) is 91.1 Å². The molecule has 0 saturated heterocycles. The van der Waals surface area contributed by atoms with Gasteiger partial charge in [-0.15, -0.1) is 0 Å².